The van der Waals surface area contributed by atoms with Crippen molar-refractivity contribution in [1.82, 2.24) is 20.2 Å². The molecule has 2 aliphatic heterocycles. The molecule has 1 N–H and O–H groups in total. The highest BCUT2D eigenvalue weighted by Crippen LogP contribution is 2.44. The fourth-order valence-electron chi connectivity index (χ4n) is 4.22. The maximum Gasteiger partial charge on any atom is 0.257 e. The van der Waals surface area contributed by atoms with Gasteiger partial charge in [-0.15, -0.1) is 0 Å². The van der Waals surface area contributed by atoms with Crippen LogP contribution in [0.1, 0.15) is 47.1 Å². The second-order valence-corrected chi connectivity index (χ2v) is 7.43. The quantitative estimate of drug-likeness (QED) is 0.880. The average molecular weight is 344 g/mol. The highest BCUT2D eigenvalue weighted by atomic mass is 16.5. The van der Waals surface area contributed by atoms with Crippen LogP contribution in [0.2, 0.25) is 0 Å². The van der Waals surface area contributed by atoms with Crippen LogP contribution in [-0.2, 0) is 9.53 Å². The molecule has 3 aliphatic rings. The van der Waals surface area contributed by atoms with E-state index in [-0.39, 0.29) is 17.7 Å². The van der Waals surface area contributed by atoms with E-state index < -0.39 is 5.41 Å². The SMILES string of the molecule is CNC(=O)[C@]12CCOC[C@H]1CN(C(=O)c1cnc(C)nc1C1CC1)C2. The van der Waals surface area contributed by atoms with Crippen LogP contribution in [0.3, 0.4) is 0 Å². The van der Waals surface area contributed by atoms with Gasteiger partial charge in [0, 0.05) is 44.8 Å². The Morgan fingerprint density at radius 2 is 2.20 bits per heavy atom. The maximum atomic E-state index is 13.2. The standard InChI is InChI=1S/C18H24N4O3/c1-11-20-7-14(15(21-11)12-3-4-12)16(23)22-8-13-9-25-6-5-18(13,10-22)17(24)19-2/h7,12-13H,3-6,8-10H2,1-2H3,(H,19,24)/t13-,18+/m1/s1. The van der Waals surface area contributed by atoms with Gasteiger partial charge in [-0.2, -0.15) is 0 Å². The first kappa shape index (κ1) is 16.4. The molecular weight excluding hydrogens is 320 g/mol. The summed E-state index contributed by atoms with van der Waals surface area (Å²) in [7, 11) is 1.66. The third-order valence-electron chi connectivity index (χ3n) is 5.81. The zero-order valence-corrected chi connectivity index (χ0v) is 14.7. The van der Waals surface area contributed by atoms with Crippen molar-refractivity contribution in [3.05, 3.63) is 23.3 Å². The van der Waals surface area contributed by atoms with E-state index in [9.17, 15) is 9.59 Å². The van der Waals surface area contributed by atoms with Crippen molar-refractivity contribution in [2.24, 2.45) is 11.3 Å². The molecule has 1 aliphatic carbocycles. The average Bonchev–Trinajstić information content (AvgIpc) is 3.39. The summed E-state index contributed by atoms with van der Waals surface area (Å²) < 4.78 is 5.58. The van der Waals surface area contributed by atoms with Gasteiger partial charge in [-0.05, 0) is 26.2 Å². The fourth-order valence-corrected chi connectivity index (χ4v) is 4.22. The van der Waals surface area contributed by atoms with Crippen molar-refractivity contribution < 1.29 is 14.3 Å². The number of likely N-dealkylation sites (tertiary alicyclic amines) is 1. The number of carbonyl (C=O) groups excluding carboxylic acids is 2. The van der Waals surface area contributed by atoms with Crippen LogP contribution >= 0.6 is 0 Å². The molecule has 1 aromatic rings. The lowest BCUT2D eigenvalue weighted by molar-refractivity contribution is -0.138. The number of ether oxygens (including phenoxy) is 1. The summed E-state index contributed by atoms with van der Waals surface area (Å²) in [5.74, 6) is 1.07. The van der Waals surface area contributed by atoms with Crippen LogP contribution in [0, 0.1) is 18.3 Å². The van der Waals surface area contributed by atoms with Crippen LogP contribution < -0.4 is 5.32 Å². The minimum absolute atomic E-state index is 0.0127. The van der Waals surface area contributed by atoms with Gasteiger partial charge in [0.1, 0.15) is 5.82 Å². The Bertz CT molecular complexity index is 718. The molecule has 0 bridgehead atoms. The number of aryl methyl sites for hydroxylation is 1. The van der Waals surface area contributed by atoms with E-state index in [1.165, 1.54) is 0 Å². The second kappa shape index (κ2) is 6.05. The molecular formula is C18H24N4O3. The van der Waals surface area contributed by atoms with Gasteiger partial charge in [0.15, 0.2) is 0 Å². The smallest absolute Gasteiger partial charge is 0.257 e. The first-order valence-electron chi connectivity index (χ1n) is 8.98. The number of amides is 2. The van der Waals surface area contributed by atoms with Crippen molar-refractivity contribution in [3.8, 4) is 0 Å². The normalized spacial score (nSPS) is 28.6. The molecule has 4 rings (SSSR count). The highest BCUT2D eigenvalue weighted by Gasteiger charge is 2.54. The van der Waals surface area contributed by atoms with E-state index in [4.69, 9.17) is 4.74 Å². The number of fused-ring (bicyclic) bond motifs is 1. The summed E-state index contributed by atoms with van der Waals surface area (Å²) in [6.45, 7) is 3.92. The number of hydrogen-bond acceptors (Lipinski definition) is 5. The fraction of sp³-hybridized carbons (Fsp3) is 0.667. The van der Waals surface area contributed by atoms with Crippen LogP contribution in [-0.4, -0.2) is 60.0 Å². The second-order valence-electron chi connectivity index (χ2n) is 7.43. The summed E-state index contributed by atoms with van der Waals surface area (Å²) in [5, 5.41) is 2.79. The Morgan fingerprint density at radius 1 is 1.40 bits per heavy atom. The third-order valence-corrected chi connectivity index (χ3v) is 5.81. The van der Waals surface area contributed by atoms with Gasteiger partial charge >= 0.3 is 0 Å². The Kier molecular flexibility index (Phi) is 3.98. The Morgan fingerprint density at radius 3 is 2.92 bits per heavy atom. The lowest BCUT2D eigenvalue weighted by Crippen LogP contribution is -2.49. The van der Waals surface area contributed by atoms with Gasteiger partial charge in [0.05, 0.1) is 23.3 Å². The van der Waals surface area contributed by atoms with Crippen molar-refractivity contribution in [1.29, 1.82) is 0 Å². The summed E-state index contributed by atoms with van der Waals surface area (Å²) in [6, 6.07) is 0. The zero-order valence-electron chi connectivity index (χ0n) is 14.7. The summed E-state index contributed by atoms with van der Waals surface area (Å²) in [6.07, 6.45) is 4.47. The van der Waals surface area contributed by atoms with Crippen LogP contribution in [0.25, 0.3) is 0 Å². The number of carbonyl (C=O) groups is 2. The largest absolute Gasteiger partial charge is 0.381 e. The van der Waals surface area contributed by atoms with E-state index in [1.807, 2.05) is 6.92 Å². The van der Waals surface area contributed by atoms with Gasteiger partial charge in [-0.1, -0.05) is 0 Å². The molecule has 0 spiro atoms. The Hall–Kier alpha value is -2.02. The Labute approximate surface area is 147 Å². The van der Waals surface area contributed by atoms with Crippen LogP contribution in [0.4, 0.5) is 0 Å². The molecule has 7 heteroatoms. The summed E-state index contributed by atoms with van der Waals surface area (Å²) in [4.78, 5) is 36.3. The van der Waals surface area contributed by atoms with Crippen molar-refractivity contribution >= 4 is 11.8 Å². The van der Waals surface area contributed by atoms with Crippen molar-refractivity contribution in [2.45, 2.75) is 32.1 Å². The predicted octanol–water partition coefficient (Wildman–Crippen LogP) is 0.887. The van der Waals surface area contributed by atoms with E-state index in [2.05, 4.69) is 15.3 Å². The molecule has 1 saturated carbocycles. The first-order valence-corrected chi connectivity index (χ1v) is 8.98. The molecule has 3 fully saturated rings. The summed E-state index contributed by atoms with van der Waals surface area (Å²) in [5.41, 5.74) is 0.936. The molecule has 0 radical (unpaired) electrons. The van der Waals surface area contributed by atoms with E-state index in [0.29, 0.717) is 50.0 Å². The molecule has 2 amide bonds. The van der Waals surface area contributed by atoms with Crippen molar-refractivity contribution in [2.75, 3.05) is 33.4 Å². The molecule has 1 aromatic heterocycles. The predicted molar refractivity (Wildman–Crippen MR) is 90.1 cm³/mol. The molecule has 134 valence electrons. The zero-order chi connectivity index (χ0) is 17.6. The van der Waals surface area contributed by atoms with E-state index in [0.717, 1.165) is 18.5 Å². The summed E-state index contributed by atoms with van der Waals surface area (Å²) >= 11 is 0. The molecule has 0 aromatic carbocycles. The van der Waals surface area contributed by atoms with Crippen LogP contribution in [0.15, 0.2) is 6.20 Å². The number of nitrogens with one attached hydrogen (secondary N) is 1. The minimum atomic E-state index is -0.534. The van der Waals surface area contributed by atoms with Gasteiger partial charge in [0.25, 0.3) is 5.91 Å². The minimum Gasteiger partial charge on any atom is -0.381 e. The number of rotatable bonds is 3. The van der Waals surface area contributed by atoms with E-state index >= 15 is 0 Å². The molecule has 3 heterocycles. The maximum absolute atomic E-state index is 13.2. The lowest BCUT2D eigenvalue weighted by Gasteiger charge is -2.36. The molecule has 0 unspecified atom stereocenters. The Balaban J connectivity index is 1.63. The highest BCUT2D eigenvalue weighted by molar-refractivity contribution is 5.96. The molecule has 25 heavy (non-hydrogen) atoms. The third kappa shape index (κ3) is 2.70. The molecule has 2 saturated heterocycles. The number of hydrogen-bond donors (Lipinski definition) is 1. The molecule has 7 nitrogen and oxygen atoms in total. The van der Waals surface area contributed by atoms with Gasteiger partial charge in [-0.3, -0.25) is 9.59 Å². The monoisotopic (exact) mass is 344 g/mol. The van der Waals surface area contributed by atoms with Gasteiger partial charge in [-0.25, -0.2) is 9.97 Å². The van der Waals surface area contributed by atoms with Crippen LogP contribution in [0.5, 0.6) is 0 Å². The number of nitrogens with zero attached hydrogens (tertiary/aromatic N) is 3. The molecule has 2 atom stereocenters. The first-order chi connectivity index (χ1) is 12.0. The lowest BCUT2D eigenvalue weighted by atomic mass is 9.73. The number of aromatic nitrogens is 2. The van der Waals surface area contributed by atoms with Crippen molar-refractivity contribution in [3.63, 3.8) is 0 Å². The van der Waals surface area contributed by atoms with Gasteiger partial charge < -0.3 is 15.0 Å². The topological polar surface area (TPSA) is 84.4 Å². The van der Waals surface area contributed by atoms with E-state index in [1.54, 1.807) is 18.1 Å². The van der Waals surface area contributed by atoms with Gasteiger partial charge in [0.2, 0.25) is 5.91 Å².